The van der Waals surface area contributed by atoms with E-state index in [0.717, 1.165) is 50.7 Å². The molecule has 0 spiro atoms. The van der Waals surface area contributed by atoms with E-state index < -0.39 is 0 Å². The van der Waals surface area contributed by atoms with E-state index in [2.05, 4.69) is 26.5 Å². The summed E-state index contributed by atoms with van der Waals surface area (Å²) in [5, 5.41) is 5.84. The van der Waals surface area contributed by atoms with Crippen molar-refractivity contribution in [3.8, 4) is 5.88 Å². The summed E-state index contributed by atoms with van der Waals surface area (Å²) in [7, 11) is 1.55. The summed E-state index contributed by atoms with van der Waals surface area (Å²) >= 11 is 0. The van der Waals surface area contributed by atoms with Gasteiger partial charge in [-0.3, -0.25) is 10.2 Å². The number of hydrazine groups is 1. The van der Waals surface area contributed by atoms with E-state index in [4.69, 9.17) is 14.2 Å². The molecular weight excluding hydrogens is 414 g/mol. The van der Waals surface area contributed by atoms with E-state index in [-0.39, 0.29) is 42.8 Å². The van der Waals surface area contributed by atoms with Crippen LogP contribution < -0.4 is 26.2 Å². The molecule has 4 rings (SSSR count). The molecule has 2 amide bonds. The Morgan fingerprint density at radius 1 is 1.25 bits per heavy atom. The Labute approximate surface area is 188 Å². The molecule has 0 radical (unpaired) electrons. The van der Waals surface area contributed by atoms with Gasteiger partial charge in [-0.05, 0) is 56.1 Å². The molecule has 4 N–H and O–H groups in total. The molecule has 0 aromatic carbocycles. The fourth-order valence-electron chi connectivity index (χ4n) is 4.73. The van der Waals surface area contributed by atoms with Crippen molar-refractivity contribution in [3.05, 3.63) is 23.9 Å². The zero-order valence-electron chi connectivity index (χ0n) is 18.5. The van der Waals surface area contributed by atoms with Crippen molar-refractivity contribution < 1.29 is 23.8 Å². The number of nitrogens with zero attached hydrogens (tertiary/aromatic N) is 1. The molecule has 2 saturated heterocycles. The average molecular weight is 448 g/mol. The minimum absolute atomic E-state index is 0.0613. The number of carbonyl (C=O) groups excluding carboxylic acids is 2. The maximum atomic E-state index is 12.4. The normalized spacial score (nSPS) is 29.6. The fourth-order valence-corrected chi connectivity index (χ4v) is 4.73. The number of nitrogens with one attached hydrogen (secondary N) is 4. The van der Waals surface area contributed by atoms with Crippen LogP contribution in [0.1, 0.15) is 44.1 Å². The van der Waals surface area contributed by atoms with Crippen LogP contribution in [0.5, 0.6) is 5.88 Å². The molecule has 176 valence electrons. The van der Waals surface area contributed by atoms with Crippen molar-refractivity contribution >= 4 is 12.0 Å². The summed E-state index contributed by atoms with van der Waals surface area (Å²) in [6.45, 7) is 1.28. The first kappa shape index (κ1) is 22.8. The number of methoxy groups -OCH3 is 1. The molecule has 1 saturated carbocycles. The SMILES string of the molecule is COc1cc(CC(=O)NC2CC([C@@H]3CC[C@H](OC(=O)NC[C@@H]4CCCO4)C3)NN2)ccn1. The predicted molar refractivity (Wildman–Crippen MR) is 116 cm³/mol. The van der Waals surface area contributed by atoms with Crippen LogP contribution in [0.4, 0.5) is 4.79 Å². The summed E-state index contributed by atoms with van der Waals surface area (Å²) in [4.78, 5) is 28.5. The predicted octanol–water partition coefficient (Wildman–Crippen LogP) is 1.02. The standard InChI is InChI=1S/C22H33N5O5/c1-30-21-10-14(6-7-23-21)9-20(28)25-19-12-18(26-27-19)15-4-5-16(11-15)32-22(29)24-13-17-3-2-8-31-17/h6-7,10,15-19,26-27H,2-5,8-9,11-13H2,1H3,(H,24,29)(H,25,28)/t15-,16+,17+,18?,19?/m1/s1. The smallest absolute Gasteiger partial charge is 0.407 e. The van der Waals surface area contributed by atoms with E-state index in [0.29, 0.717) is 18.3 Å². The molecule has 1 aromatic rings. The lowest BCUT2D eigenvalue weighted by Gasteiger charge is -2.18. The van der Waals surface area contributed by atoms with Gasteiger partial charge in [0.25, 0.3) is 0 Å². The van der Waals surface area contributed by atoms with Gasteiger partial charge in [-0.2, -0.15) is 0 Å². The maximum absolute atomic E-state index is 12.4. The first-order chi connectivity index (χ1) is 15.6. The highest BCUT2D eigenvalue weighted by Gasteiger charge is 2.37. The van der Waals surface area contributed by atoms with Crippen molar-refractivity contribution in [2.75, 3.05) is 20.3 Å². The number of hydrogen-bond acceptors (Lipinski definition) is 8. The Hall–Kier alpha value is -2.43. The van der Waals surface area contributed by atoms with Gasteiger partial charge in [0, 0.05) is 31.5 Å². The molecule has 10 heteroatoms. The van der Waals surface area contributed by atoms with E-state index in [1.54, 1.807) is 25.4 Å². The second-order valence-electron chi connectivity index (χ2n) is 8.75. The largest absolute Gasteiger partial charge is 0.481 e. The average Bonchev–Trinajstić information content (AvgIpc) is 3.54. The van der Waals surface area contributed by atoms with Crippen LogP contribution >= 0.6 is 0 Å². The summed E-state index contributed by atoms with van der Waals surface area (Å²) in [6.07, 6.45) is 6.94. The van der Waals surface area contributed by atoms with Gasteiger partial charge in [0.2, 0.25) is 11.8 Å². The molecule has 3 aliphatic rings. The molecule has 3 heterocycles. The molecule has 0 bridgehead atoms. The summed E-state index contributed by atoms with van der Waals surface area (Å²) in [5.41, 5.74) is 7.33. The molecule has 10 nitrogen and oxygen atoms in total. The second-order valence-corrected chi connectivity index (χ2v) is 8.75. The highest BCUT2D eigenvalue weighted by molar-refractivity contribution is 5.78. The van der Waals surface area contributed by atoms with Crippen LogP contribution in [0, 0.1) is 5.92 Å². The second kappa shape index (κ2) is 10.9. The van der Waals surface area contributed by atoms with E-state index >= 15 is 0 Å². The Bertz CT molecular complexity index is 788. The van der Waals surface area contributed by atoms with E-state index in [1.165, 1.54) is 0 Å². The summed E-state index contributed by atoms with van der Waals surface area (Å²) in [5.74, 6) is 0.827. The van der Waals surface area contributed by atoms with Crippen LogP contribution in [0.3, 0.4) is 0 Å². The third kappa shape index (κ3) is 6.30. The summed E-state index contributed by atoms with van der Waals surface area (Å²) in [6, 6.07) is 3.80. The Morgan fingerprint density at radius 2 is 2.16 bits per heavy atom. The van der Waals surface area contributed by atoms with E-state index in [9.17, 15) is 9.59 Å². The molecule has 2 aliphatic heterocycles. The molecule has 1 aromatic heterocycles. The van der Waals surface area contributed by atoms with Crippen LogP contribution in [0.2, 0.25) is 0 Å². The van der Waals surface area contributed by atoms with Gasteiger partial charge >= 0.3 is 6.09 Å². The maximum Gasteiger partial charge on any atom is 0.407 e. The van der Waals surface area contributed by atoms with Gasteiger partial charge < -0.3 is 24.8 Å². The topological polar surface area (TPSA) is 123 Å². The highest BCUT2D eigenvalue weighted by atomic mass is 16.6. The highest BCUT2D eigenvalue weighted by Crippen LogP contribution is 2.33. The van der Waals surface area contributed by atoms with Gasteiger partial charge in [0.05, 0.1) is 25.8 Å². The number of pyridine rings is 1. The van der Waals surface area contributed by atoms with Crippen molar-refractivity contribution in [2.45, 2.75) is 69.4 Å². The quantitative estimate of drug-likeness (QED) is 0.466. The number of hydrogen-bond donors (Lipinski definition) is 4. The molecule has 5 atom stereocenters. The zero-order chi connectivity index (χ0) is 22.3. The fraction of sp³-hybridized carbons (Fsp3) is 0.682. The van der Waals surface area contributed by atoms with Crippen molar-refractivity contribution in [1.29, 1.82) is 0 Å². The molecule has 1 aliphatic carbocycles. The lowest BCUT2D eigenvalue weighted by Crippen LogP contribution is -2.45. The van der Waals surface area contributed by atoms with Crippen molar-refractivity contribution in [3.63, 3.8) is 0 Å². The Morgan fingerprint density at radius 3 is 2.97 bits per heavy atom. The Kier molecular flexibility index (Phi) is 7.77. The molecule has 3 fully saturated rings. The Balaban J connectivity index is 1.15. The number of amides is 2. The third-order valence-electron chi connectivity index (χ3n) is 6.41. The minimum Gasteiger partial charge on any atom is -0.481 e. The van der Waals surface area contributed by atoms with Crippen molar-refractivity contribution in [1.82, 2.24) is 26.5 Å². The van der Waals surface area contributed by atoms with Crippen LogP contribution in [0.15, 0.2) is 18.3 Å². The van der Waals surface area contributed by atoms with Gasteiger partial charge in [-0.15, -0.1) is 0 Å². The van der Waals surface area contributed by atoms with Gasteiger partial charge in [-0.1, -0.05) is 0 Å². The van der Waals surface area contributed by atoms with Crippen LogP contribution in [0.25, 0.3) is 0 Å². The molecular formula is C22H33N5O5. The van der Waals surface area contributed by atoms with Gasteiger partial charge in [-0.25, -0.2) is 15.2 Å². The number of aromatic nitrogens is 1. The monoisotopic (exact) mass is 447 g/mol. The number of rotatable bonds is 8. The van der Waals surface area contributed by atoms with Gasteiger partial charge in [0.15, 0.2) is 0 Å². The minimum atomic E-state index is -0.360. The van der Waals surface area contributed by atoms with Crippen molar-refractivity contribution in [2.24, 2.45) is 5.92 Å². The lowest BCUT2D eigenvalue weighted by molar-refractivity contribution is -0.121. The molecule has 32 heavy (non-hydrogen) atoms. The number of carbonyl (C=O) groups is 2. The number of alkyl carbamates (subject to hydrolysis) is 1. The first-order valence-electron chi connectivity index (χ1n) is 11.4. The molecule has 2 unspecified atom stereocenters. The first-order valence-corrected chi connectivity index (χ1v) is 11.4. The van der Waals surface area contributed by atoms with Crippen LogP contribution in [-0.4, -0.2) is 61.7 Å². The summed E-state index contributed by atoms with van der Waals surface area (Å²) < 4.78 is 16.2. The van der Waals surface area contributed by atoms with E-state index in [1.807, 2.05) is 0 Å². The number of ether oxygens (including phenoxy) is 3. The van der Waals surface area contributed by atoms with Gasteiger partial charge in [0.1, 0.15) is 6.10 Å². The third-order valence-corrected chi connectivity index (χ3v) is 6.41. The lowest BCUT2D eigenvalue weighted by atomic mass is 9.96. The van der Waals surface area contributed by atoms with Crippen LogP contribution in [-0.2, 0) is 20.7 Å². The zero-order valence-corrected chi connectivity index (χ0v) is 18.5.